The maximum atomic E-state index is 15.0. The molecule has 0 bridgehead atoms. The van der Waals surface area contributed by atoms with Crippen LogP contribution in [0.3, 0.4) is 0 Å². The number of carbonyl (C=O) groups is 2. The van der Waals surface area contributed by atoms with Crippen LogP contribution in [0.1, 0.15) is 76.3 Å². The molecule has 1 heterocycles. The first-order valence-corrected chi connectivity index (χ1v) is 14.8. The lowest BCUT2D eigenvalue weighted by molar-refractivity contribution is -0.396. The number of alkyl halides is 9. The monoisotopic (exact) mass is 690 g/mol. The first-order valence-electron chi connectivity index (χ1n) is 14.8. The van der Waals surface area contributed by atoms with E-state index < -0.39 is 71.9 Å². The Labute approximate surface area is 263 Å². The standard InChI is InChI=1S/C32H33F11O4/c1-4-5-9-21-17-28(3,47-26(21)44)27(45)46-23-14-12-20(16-18(23)2)22-13-11-19(24(33)25(22)34)10-7-6-8-15-29(35,36)30(37,38)31(39,40)32(41,42)43/h11-14,16,21H,4-10,15,17H2,1-3H3/t21-,28-/m0/s1. The lowest BCUT2D eigenvalue weighted by Crippen LogP contribution is -2.60. The van der Waals surface area contributed by atoms with Crippen LogP contribution < -0.4 is 4.74 Å². The summed E-state index contributed by atoms with van der Waals surface area (Å²) in [6.07, 6.45) is -8.25. The fourth-order valence-electron chi connectivity index (χ4n) is 5.24. The third-order valence-corrected chi connectivity index (χ3v) is 8.13. The Hall–Kier alpha value is -3.39. The van der Waals surface area contributed by atoms with Crippen LogP contribution in [0.2, 0.25) is 0 Å². The molecule has 1 aliphatic heterocycles. The van der Waals surface area contributed by atoms with E-state index in [4.69, 9.17) is 9.47 Å². The van der Waals surface area contributed by atoms with Crippen molar-refractivity contribution in [2.45, 2.75) is 108 Å². The molecule has 0 spiro atoms. The van der Waals surface area contributed by atoms with Crippen LogP contribution in [0.5, 0.6) is 5.75 Å². The lowest BCUT2D eigenvalue weighted by Gasteiger charge is -2.33. The predicted molar refractivity (Wildman–Crippen MR) is 147 cm³/mol. The minimum Gasteiger partial charge on any atom is -0.447 e. The molecule has 1 aliphatic rings. The van der Waals surface area contributed by atoms with Gasteiger partial charge < -0.3 is 9.47 Å². The largest absolute Gasteiger partial charge is 0.460 e. The van der Waals surface area contributed by atoms with Gasteiger partial charge in [-0.05, 0) is 68.4 Å². The summed E-state index contributed by atoms with van der Waals surface area (Å²) >= 11 is 0. The number of hydrogen-bond donors (Lipinski definition) is 0. The van der Waals surface area contributed by atoms with Gasteiger partial charge in [0.05, 0.1) is 5.92 Å². The van der Waals surface area contributed by atoms with E-state index in [2.05, 4.69) is 0 Å². The molecule has 0 saturated carbocycles. The summed E-state index contributed by atoms with van der Waals surface area (Å²) < 4.78 is 158. The van der Waals surface area contributed by atoms with Gasteiger partial charge in [-0.25, -0.2) is 13.6 Å². The molecule has 2 aromatic rings. The highest BCUT2D eigenvalue weighted by Gasteiger charge is 2.81. The van der Waals surface area contributed by atoms with Crippen LogP contribution in [-0.2, 0) is 20.7 Å². The van der Waals surface area contributed by atoms with Crippen LogP contribution in [-0.4, -0.2) is 41.5 Å². The van der Waals surface area contributed by atoms with Crippen molar-refractivity contribution >= 4 is 11.9 Å². The quantitative estimate of drug-likeness (QED) is 0.0858. The molecular formula is C32H33F11O4. The summed E-state index contributed by atoms with van der Waals surface area (Å²) in [5.74, 6) is -23.5. The predicted octanol–water partition coefficient (Wildman–Crippen LogP) is 9.93. The summed E-state index contributed by atoms with van der Waals surface area (Å²) in [5.41, 5.74) is -1.33. The van der Waals surface area contributed by atoms with Gasteiger partial charge in [0.25, 0.3) is 0 Å². The average Bonchev–Trinajstić information content (AvgIpc) is 3.28. The van der Waals surface area contributed by atoms with Gasteiger partial charge in [0.15, 0.2) is 11.6 Å². The number of carbonyl (C=O) groups excluding carboxylic acids is 2. The SMILES string of the molecule is CCCC[C@H]1C[C@@](C)(C(=O)Oc2ccc(-c3ccc(CCCCCC(F)(F)C(F)(F)C(F)(F)C(F)(F)F)c(F)c3F)cc2C)OC1=O. The van der Waals surface area contributed by atoms with E-state index >= 15 is 4.39 Å². The number of esters is 2. The summed E-state index contributed by atoms with van der Waals surface area (Å²) in [4.78, 5) is 25.1. The fourth-order valence-corrected chi connectivity index (χ4v) is 5.24. The zero-order valence-electron chi connectivity index (χ0n) is 25.6. The van der Waals surface area contributed by atoms with E-state index in [0.29, 0.717) is 12.0 Å². The number of halogens is 11. The summed E-state index contributed by atoms with van der Waals surface area (Å²) in [6.45, 7) is 4.97. The van der Waals surface area contributed by atoms with Crippen molar-refractivity contribution < 1.29 is 67.4 Å². The minimum atomic E-state index is -6.96. The van der Waals surface area contributed by atoms with Gasteiger partial charge in [0, 0.05) is 18.4 Å². The van der Waals surface area contributed by atoms with Gasteiger partial charge in [0.1, 0.15) is 5.75 Å². The molecular weight excluding hydrogens is 657 g/mol. The molecule has 0 aromatic heterocycles. The number of rotatable bonds is 14. The second-order valence-corrected chi connectivity index (χ2v) is 11.9. The van der Waals surface area contributed by atoms with Crippen molar-refractivity contribution in [1.29, 1.82) is 0 Å². The van der Waals surface area contributed by atoms with Gasteiger partial charge in [-0.2, -0.15) is 39.5 Å². The maximum Gasteiger partial charge on any atom is 0.460 e. The molecule has 2 atom stereocenters. The van der Waals surface area contributed by atoms with Gasteiger partial charge in [-0.1, -0.05) is 44.4 Å². The number of ether oxygens (including phenoxy) is 2. The first-order chi connectivity index (χ1) is 21.6. The maximum absolute atomic E-state index is 15.0. The van der Waals surface area contributed by atoms with Crippen LogP contribution in [0.25, 0.3) is 11.1 Å². The molecule has 2 aromatic carbocycles. The summed E-state index contributed by atoms with van der Waals surface area (Å²) in [7, 11) is 0. The van der Waals surface area contributed by atoms with Crippen molar-refractivity contribution in [1.82, 2.24) is 0 Å². The van der Waals surface area contributed by atoms with Crippen LogP contribution in [0, 0.1) is 24.5 Å². The Morgan fingerprint density at radius 1 is 0.915 bits per heavy atom. The fraction of sp³-hybridized carbons (Fsp3) is 0.562. The second-order valence-electron chi connectivity index (χ2n) is 11.9. The molecule has 3 rings (SSSR count). The molecule has 0 N–H and O–H groups in total. The molecule has 47 heavy (non-hydrogen) atoms. The van der Waals surface area contributed by atoms with Crippen LogP contribution >= 0.6 is 0 Å². The van der Waals surface area contributed by atoms with Crippen molar-refractivity contribution in [3.8, 4) is 16.9 Å². The molecule has 15 heteroatoms. The van der Waals surface area contributed by atoms with E-state index in [1.54, 1.807) is 6.92 Å². The van der Waals surface area contributed by atoms with Crippen molar-refractivity contribution in [2.24, 2.45) is 5.92 Å². The molecule has 0 radical (unpaired) electrons. The Bertz CT molecular complexity index is 1460. The normalized spacial score (nSPS) is 19.2. The molecule has 0 amide bonds. The number of cyclic esters (lactones) is 1. The van der Waals surface area contributed by atoms with E-state index in [-0.39, 0.29) is 48.1 Å². The molecule has 0 aliphatic carbocycles. The summed E-state index contributed by atoms with van der Waals surface area (Å²) in [6, 6.07) is 6.54. The molecule has 1 fully saturated rings. The van der Waals surface area contributed by atoms with E-state index in [1.165, 1.54) is 37.3 Å². The highest BCUT2D eigenvalue weighted by molar-refractivity contribution is 5.89. The third kappa shape index (κ3) is 7.85. The van der Waals surface area contributed by atoms with Gasteiger partial charge in [-0.15, -0.1) is 0 Å². The third-order valence-electron chi connectivity index (χ3n) is 8.13. The Morgan fingerprint density at radius 3 is 2.17 bits per heavy atom. The summed E-state index contributed by atoms with van der Waals surface area (Å²) in [5, 5.41) is 0. The molecule has 4 nitrogen and oxygen atoms in total. The van der Waals surface area contributed by atoms with E-state index in [1.807, 2.05) is 6.92 Å². The van der Waals surface area contributed by atoms with Gasteiger partial charge in [0.2, 0.25) is 5.60 Å². The first kappa shape index (κ1) is 38.1. The number of unbranched alkanes of at least 4 members (excludes halogenated alkanes) is 3. The van der Waals surface area contributed by atoms with Crippen LogP contribution in [0.15, 0.2) is 30.3 Å². The Morgan fingerprint density at radius 2 is 1.57 bits per heavy atom. The smallest absolute Gasteiger partial charge is 0.447 e. The molecule has 1 saturated heterocycles. The highest BCUT2D eigenvalue weighted by Crippen LogP contribution is 2.54. The minimum absolute atomic E-state index is 0.0935. The Balaban J connectivity index is 1.61. The van der Waals surface area contributed by atoms with Crippen molar-refractivity contribution in [3.05, 3.63) is 53.1 Å². The van der Waals surface area contributed by atoms with Crippen molar-refractivity contribution in [2.75, 3.05) is 0 Å². The number of aryl methyl sites for hydroxylation is 2. The van der Waals surface area contributed by atoms with E-state index in [0.717, 1.165) is 12.8 Å². The lowest BCUT2D eigenvalue weighted by atomic mass is 9.92. The molecule has 0 unspecified atom stereocenters. The number of benzene rings is 2. The second kappa shape index (κ2) is 14.0. The average molecular weight is 691 g/mol. The van der Waals surface area contributed by atoms with Crippen LogP contribution in [0.4, 0.5) is 48.3 Å². The van der Waals surface area contributed by atoms with Gasteiger partial charge in [-0.3, -0.25) is 4.79 Å². The van der Waals surface area contributed by atoms with E-state index in [9.17, 15) is 53.5 Å². The number of hydrogen-bond acceptors (Lipinski definition) is 4. The molecule has 262 valence electrons. The van der Waals surface area contributed by atoms with Gasteiger partial charge >= 0.3 is 35.9 Å². The Kier molecular flexibility index (Phi) is 11.3. The zero-order valence-corrected chi connectivity index (χ0v) is 25.6. The highest BCUT2D eigenvalue weighted by atomic mass is 19.4. The topological polar surface area (TPSA) is 52.6 Å². The van der Waals surface area contributed by atoms with Crippen molar-refractivity contribution in [3.63, 3.8) is 0 Å². The zero-order chi connectivity index (χ0) is 35.6.